The molecule has 0 spiro atoms. The fourth-order valence-electron chi connectivity index (χ4n) is 0.927. The Hall–Kier alpha value is -1.12. The molecule has 0 bridgehead atoms. The molecule has 0 aromatic heterocycles. The quantitative estimate of drug-likeness (QED) is 0.559. The highest BCUT2D eigenvalue weighted by Gasteiger charge is 2.11. The lowest BCUT2D eigenvalue weighted by molar-refractivity contribution is 0.296. The molecule has 0 atom stereocenters. The van der Waals surface area contributed by atoms with Crippen molar-refractivity contribution in [2.75, 3.05) is 0 Å². The second-order valence-electron chi connectivity index (χ2n) is 2.85. The largest absolute Gasteiger partial charge is 0.246 e. The number of nitrogens with zero attached hydrogens (tertiary/aromatic N) is 3. The Labute approximate surface area is 67.1 Å². The second kappa shape index (κ2) is 2.86. The molecule has 3 nitrogen and oxygen atoms in total. The van der Waals surface area contributed by atoms with Crippen molar-refractivity contribution >= 4 is 11.9 Å². The van der Waals surface area contributed by atoms with Crippen molar-refractivity contribution < 1.29 is 0 Å². The molecule has 1 heterocycles. The van der Waals surface area contributed by atoms with E-state index >= 15 is 0 Å². The molecule has 0 radical (unpaired) electrons. The van der Waals surface area contributed by atoms with E-state index in [0.717, 1.165) is 11.5 Å². The Morgan fingerprint density at radius 1 is 1.55 bits per heavy atom. The Bertz CT molecular complexity index is 225. The summed E-state index contributed by atoms with van der Waals surface area (Å²) in [6.07, 6.45) is 1.74. The molecule has 0 unspecified atom stereocenters. The first kappa shape index (κ1) is 7.98. The lowest BCUT2D eigenvalue weighted by atomic mass is 10.3. The minimum absolute atomic E-state index is 0.329. The highest BCUT2D eigenvalue weighted by molar-refractivity contribution is 6.30. The molecule has 1 aliphatic rings. The molecule has 0 aromatic rings. The Morgan fingerprint density at radius 3 is 2.64 bits per heavy atom. The number of hydrogen-bond acceptors (Lipinski definition) is 3. The molecule has 1 aliphatic heterocycles. The minimum Gasteiger partial charge on any atom is -0.246 e. The van der Waals surface area contributed by atoms with Crippen molar-refractivity contribution in [3.05, 3.63) is 12.4 Å². The van der Waals surface area contributed by atoms with Crippen LogP contribution in [0.2, 0.25) is 0 Å². The number of rotatable bonds is 1. The van der Waals surface area contributed by atoms with Crippen molar-refractivity contribution in [2.45, 2.75) is 26.8 Å². The Morgan fingerprint density at radius 2 is 2.18 bits per heavy atom. The Kier molecular flexibility index (Phi) is 2.08. The molecular formula is C8H13N3. The summed E-state index contributed by atoms with van der Waals surface area (Å²) in [5.74, 6) is 0.722. The number of aliphatic imine (C=N–C) groups is 1. The first-order valence-corrected chi connectivity index (χ1v) is 3.68. The van der Waals surface area contributed by atoms with E-state index in [1.807, 2.05) is 6.92 Å². The summed E-state index contributed by atoms with van der Waals surface area (Å²) in [7, 11) is 0. The van der Waals surface area contributed by atoms with Gasteiger partial charge in [-0.25, -0.2) is 10.0 Å². The third-order valence-corrected chi connectivity index (χ3v) is 1.43. The van der Waals surface area contributed by atoms with E-state index in [0.29, 0.717) is 6.04 Å². The van der Waals surface area contributed by atoms with Gasteiger partial charge in [0.1, 0.15) is 5.82 Å². The van der Waals surface area contributed by atoms with Gasteiger partial charge in [0.25, 0.3) is 0 Å². The topological polar surface area (TPSA) is 28.0 Å². The maximum Gasteiger partial charge on any atom is 0.142 e. The molecule has 0 saturated carbocycles. The average molecular weight is 151 g/mol. The normalized spacial score (nSPS) is 17.6. The van der Waals surface area contributed by atoms with Crippen LogP contribution >= 0.6 is 0 Å². The zero-order valence-electron chi connectivity index (χ0n) is 7.20. The van der Waals surface area contributed by atoms with E-state index in [1.54, 1.807) is 11.2 Å². The highest BCUT2D eigenvalue weighted by Crippen LogP contribution is 2.12. The van der Waals surface area contributed by atoms with Crippen LogP contribution in [0.1, 0.15) is 20.8 Å². The van der Waals surface area contributed by atoms with Gasteiger partial charge in [-0.1, -0.05) is 6.58 Å². The van der Waals surface area contributed by atoms with Gasteiger partial charge in [-0.2, -0.15) is 5.10 Å². The second-order valence-corrected chi connectivity index (χ2v) is 2.85. The van der Waals surface area contributed by atoms with E-state index in [4.69, 9.17) is 0 Å². The third kappa shape index (κ3) is 1.67. The molecule has 60 valence electrons. The van der Waals surface area contributed by atoms with Crippen molar-refractivity contribution in [1.29, 1.82) is 0 Å². The van der Waals surface area contributed by atoms with Crippen LogP contribution in [0.25, 0.3) is 0 Å². The molecule has 3 heteroatoms. The van der Waals surface area contributed by atoms with E-state index in [9.17, 15) is 0 Å². The van der Waals surface area contributed by atoms with Gasteiger partial charge in [-0.05, 0) is 20.8 Å². The molecule has 1 rings (SSSR count). The summed E-state index contributed by atoms with van der Waals surface area (Å²) in [4.78, 5) is 4.18. The Balaban J connectivity index is 2.77. The van der Waals surface area contributed by atoms with Gasteiger partial charge in [-0.15, -0.1) is 0 Å². The van der Waals surface area contributed by atoms with Crippen LogP contribution in [0.4, 0.5) is 0 Å². The predicted octanol–water partition coefficient (Wildman–Crippen LogP) is 1.63. The molecule has 0 aromatic carbocycles. The molecule has 0 saturated heterocycles. The van der Waals surface area contributed by atoms with Gasteiger partial charge in [0.15, 0.2) is 0 Å². The fourth-order valence-corrected chi connectivity index (χ4v) is 0.927. The van der Waals surface area contributed by atoms with E-state index in [2.05, 4.69) is 30.5 Å². The van der Waals surface area contributed by atoms with Gasteiger partial charge < -0.3 is 0 Å². The molecule has 0 fully saturated rings. The highest BCUT2D eigenvalue weighted by atomic mass is 15.5. The van der Waals surface area contributed by atoms with Gasteiger partial charge >= 0.3 is 0 Å². The third-order valence-electron chi connectivity index (χ3n) is 1.43. The van der Waals surface area contributed by atoms with Crippen LogP contribution in [0.5, 0.6) is 0 Å². The van der Waals surface area contributed by atoms with Crippen LogP contribution in [-0.2, 0) is 0 Å². The number of hydrazone groups is 1. The molecule has 0 aliphatic carbocycles. The number of hydrogen-bond donors (Lipinski definition) is 0. The zero-order valence-corrected chi connectivity index (χ0v) is 7.20. The standard InChI is InChI=1S/C8H13N3/c1-6(2)11-8(4)10-7(3)5-9-11/h5-6H,4H2,1-3H3. The van der Waals surface area contributed by atoms with Crippen molar-refractivity contribution in [3.8, 4) is 0 Å². The van der Waals surface area contributed by atoms with E-state index in [-0.39, 0.29) is 0 Å². The minimum atomic E-state index is 0.329. The van der Waals surface area contributed by atoms with Crippen LogP contribution < -0.4 is 0 Å². The van der Waals surface area contributed by atoms with Crippen LogP contribution in [0.15, 0.2) is 22.5 Å². The van der Waals surface area contributed by atoms with Gasteiger partial charge in [0, 0.05) is 6.04 Å². The predicted molar refractivity (Wildman–Crippen MR) is 47.7 cm³/mol. The summed E-state index contributed by atoms with van der Waals surface area (Å²) in [5, 5.41) is 5.97. The molecule has 0 amide bonds. The van der Waals surface area contributed by atoms with Gasteiger partial charge in [-0.3, -0.25) is 0 Å². The molecule has 11 heavy (non-hydrogen) atoms. The lowest BCUT2D eigenvalue weighted by Crippen LogP contribution is -2.27. The van der Waals surface area contributed by atoms with Crippen molar-refractivity contribution in [1.82, 2.24) is 5.01 Å². The average Bonchev–Trinajstić information content (AvgIpc) is 1.85. The summed E-state index contributed by atoms with van der Waals surface area (Å²) in [6, 6.07) is 0.329. The van der Waals surface area contributed by atoms with Crippen molar-refractivity contribution in [3.63, 3.8) is 0 Å². The summed E-state index contributed by atoms with van der Waals surface area (Å²) in [5.41, 5.74) is 0.909. The van der Waals surface area contributed by atoms with Gasteiger partial charge in [0.2, 0.25) is 0 Å². The monoisotopic (exact) mass is 151 g/mol. The van der Waals surface area contributed by atoms with Crippen LogP contribution in [0.3, 0.4) is 0 Å². The first-order chi connectivity index (χ1) is 5.11. The first-order valence-electron chi connectivity index (χ1n) is 3.68. The van der Waals surface area contributed by atoms with Gasteiger partial charge in [0.05, 0.1) is 11.9 Å². The van der Waals surface area contributed by atoms with E-state index in [1.165, 1.54) is 0 Å². The maximum absolute atomic E-state index is 4.18. The summed E-state index contributed by atoms with van der Waals surface area (Å²) >= 11 is 0. The van der Waals surface area contributed by atoms with Crippen LogP contribution in [0, 0.1) is 0 Å². The smallest absolute Gasteiger partial charge is 0.142 e. The zero-order chi connectivity index (χ0) is 8.43. The van der Waals surface area contributed by atoms with E-state index < -0.39 is 0 Å². The molecule has 0 N–H and O–H groups in total. The lowest BCUT2D eigenvalue weighted by Gasteiger charge is -2.24. The fraction of sp³-hybridized carbons (Fsp3) is 0.500. The summed E-state index contributed by atoms with van der Waals surface area (Å²) < 4.78 is 0. The maximum atomic E-state index is 4.18. The SMILES string of the molecule is C=C1N=C(C)C=NN1C(C)C. The summed E-state index contributed by atoms with van der Waals surface area (Å²) in [6.45, 7) is 9.81. The van der Waals surface area contributed by atoms with Crippen LogP contribution in [-0.4, -0.2) is 23.0 Å². The van der Waals surface area contributed by atoms with Crippen molar-refractivity contribution in [2.24, 2.45) is 10.1 Å². The molecular weight excluding hydrogens is 138 g/mol.